The van der Waals surface area contributed by atoms with Crippen molar-refractivity contribution < 1.29 is 23.7 Å². The van der Waals surface area contributed by atoms with Gasteiger partial charge in [-0.25, -0.2) is 0 Å². The van der Waals surface area contributed by atoms with Crippen molar-refractivity contribution in [1.82, 2.24) is 4.90 Å². The number of rotatable bonds is 7. The van der Waals surface area contributed by atoms with Gasteiger partial charge in [0.2, 0.25) is 5.78 Å². The summed E-state index contributed by atoms with van der Waals surface area (Å²) in [6.07, 6.45) is 4.21. The van der Waals surface area contributed by atoms with E-state index in [2.05, 4.69) is 4.90 Å². The number of benzene rings is 2. The third-order valence-electron chi connectivity index (χ3n) is 5.24. The zero-order valence-electron chi connectivity index (χ0n) is 17.2. The molecule has 1 saturated heterocycles. The van der Waals surface area contributed by atoms with Gasteiger partial charge in [0.25, 0.3) is 0 Å². The maximum absolute atomic E-state index is 12.7. The van der Waals surface area contributed by atoms with E-state index in [9.17, 15) is 4.79 Å². The van der Waals surface area contributed by atoms with Gasteiger partial charge in [0.05, 0.1) is 19.8 Å². The fraction of sp³-hybridized carbons (Fsp3) is 0.348. The lowest BCUT2D eigenvalue weighted by atomic mass is 10.1. The number of likely N-dealkylation sites (tertiary alicyclic amines) is 1. The molecule has 2 aromatic carbocycles. The molecule has 0 amide bonds. The van der Waals surface area contributed by atoms with E-state index in [1.807, 2.05) is 6.07 Å². The summed E-state index contributed by atoms with van der Waals surface area (Å²) >= 11 is 0. The van der Waals surface area contributed by atoms with E-state index < -0.39 is 0 Å². The van der Waals surface area contributed by atoms with Crippen molar-refractivity contribution in [3.05, 3.63) is 53.3 Å². The molecular formula is C23H26ClNO5. The zero-order chi connectivity index (χ0) is 20.2. The Morgan fingerprint density at radius 1 is 1.03 bits per heavy atom. The van der Waals surface area contributed by atoms with E-state index in [1.54, 1.807) is 50.6 Å². The van der Waals surface area contributed by atoms with Crippen LogP contribution in [0.3, 0.4) is 0 Å². The molecule has 6 nitrogen and oxygen atoms in total. The van der Waals surface area contributed by atoms with Gasteiger partial charge in [0.1, 0.15) is 29.6 Å². The number of Topliss-reactive ketones (excluding diaryl/α,β-unsaturated/α-hetero) is 1. The first kappa shape index (κ1) is 22.0. The number of hydrogen-bond donors (Lipinski definition) is 0. The number of ketones is 1. The summed E-state index contributed by atoms with van der Waals surface area (Å²) in [5, 5.41) is 0. The summed E-state index contributed by atoms with van der Waals surface area (Å²) in [6.45, 7) is 3.83. The first-order chi connectivity index (χ1) is 14.2. The fourth-order valence-electron chi connectivity index (χ4n) is 3.65. The SMILES string of the molecule is COc1ccc(OC)c(/C=C2\Oc3cc(OCCN4CCCC4)ccc3C2=O)c1.Cl. The summed E-state index contributed by atoms with van der Waals surface area (Å²) in [5.41, 5.74) is 1.25. The fourth-order valence-corrected chi connectivity index (χ4v) is 3.65. The van der Waals surface area contributed by atoms with E-state index in [0.29, 0.717) is 40.7 Å². The number of methoxy groups -OCH3 is 2. The van der Waals surface area contributed by atoms with Gasteiger partial charge in [-0.2, -0.15) is 0 Å². The molecule has 2 aromatic rings. The molecule has 0 N–H and O–H groups in total. The van der Waals surface area contributed by atoms with E-state index in [-0.39, 0.29) is 23.9 Å². The minimum Gasteiger partial charge on any atom is -0.497 e. The van der Waals surface area contributed by atoms with Crippen LogP contribution in [-0.2, 0) is 0 Å². The lowest BCUT2D eigenvalue weighted by molar-refractivity contribution is 0.101. The second-order valence-corrected chi connectivity index (χ2v) is 7.10. The second-order valence-electron chi connectivity index (χ2n) is 7.10. The van der Waals surface area contributed by atoms with E-state index in [0.717, 1.165) is 19.6 Å². The molecule has 0 aliphatic carbocycles. The number of ether oxygens (including phenoxy) is 4. The molecule has 0 radical (unpaired) electrons. The van der Waals surface area contributed by atoms with Crippen molar-refractivity contribution in [2.24, 2.45) is 0 Å². The Hall–Kier alpha value is -2.70. The van der Waals surface area contributed by atoms with Crippen LogP contribution in [0.2, 0.25) is 0 Å². The van der Waals surface area contributed by atoms with Crippen LogP contribution in [0.15, 0.2) is 42.2 Å². The largest absolute Gasteiger partial charge is 0.497 e. The average Bonchev–Trinajstić information content (AvgIpc) is 3.36. The van der Waals surface area contributed by atoms with Crippen LogP contribution < -0.4 is 18.9 Å². The van der Waals surface area contributed by atoms with Gasteiger partial charge >= 0.3 is 0 Å². The van der Waals surface area contributed by atoms with Crippen molar-refractivity contribution in [2.45, 2.75) is 12.8 Å². The van der Waals surface area contributed by atoms with Crippen molar-refractivity contribution in [2.75, 3.05) is 40.5 Å². The zero-order valence-corrected chi connectivity index (χ0v) is 18.0. The van der Waals surface area contributed by atoms with E-state index in [4.69, 9.17) is 18.9 Å². The maximum atomic E-state index is 12.7. The minimum atomic E-state index is -0.159. The summed E-state index contributed by atoms with van der Waals surface area (Å²) < 4.78 is 22.4. The van der Waals surface area contributed by atoms with Crippen molar-refractivity contribution >= 4 is 24.3 Å². The van der Waals surface area contributed by atoms with E-state index in [1.165, 1.54) is 12.8 Å². The Labute approximate surface area is 182 Å². The van der Waals surface area contributed by atoms with Gasteiger partial charge in [-0.05, 0) is 62.3 Å². The molecule has 0 bridgehead atoms. The molecular weight excluding hydrogens is 406 g/mol. The van der Waals surface area contributed by atoms with E-state index >= 15 is 0 Å². The van der Waals surface area contributed by atoms with Crippen molar-refractivity contribution in [3.63, 3.8) is 0 Å². The molecule has 4 rings (SSSR count). The van der Waals surface area contributed by atoms with Crippen LogP contribution in [0.25, 0.3) is 6.08 Å². The highest BCUT2D eigenvalue weighted by Gasteiger charge is 2.28. The predicted molar refractivity (Wildman–Crippen MR) is 117 cm³/mol. The lowest BCUT2D eigenvalue weighted by Gasteiger charge is -2.15. The Kier molecular flexibility index (Phi) is 7.24. The van der Waals surface area contributed by atoms with Gasteiger partial charge < -0.3 is 18.9 Å². The number of halogens is 1. The third-order valence-corrected chi connectivity index (χ3v) is 5.24. The summed E-state index contributed by atoms with van der Waals surface area (Å²) in [4.78, 5) is 15.1. The van der Waals surface area contributed by atoms with Crippen LogP contribution in [0.4, 0.5) is 0 Å². The highest BCUT2D eigenvalue weighted by molar-refractivity contribution is 6.14. The minimum absolute atomic E-state index is 0. The predicted octanol–water partition coefficient (Wildman–Crippen LogP) is 4.22. The Balaban J connectivity index is 0.00000256. The molecule has 0 unspecified atom stereocenters. The van der Waals surface area contributed by atoms with Gasteiger partial charge in [0, 0.05) is 18.2 Å². The molecule has 2 aliphatic rings. The first-order valence-electron chi connectivity index (χ1n) is 9.83. The Morgan fingerprint density at radius 3 is 2.53 bits per heavy atom. The van der Waals surface area contributed by atoms with Crippen molar-refractivity contribution in [3.8, 4) is 23.0 Å². The van der Waals surface area contributed by atoms with Gasteiger partial charge in [-0.3, -0.25) is 9.69 Å². The summed E-state index contributed by atoms with van der Waals surface area (Å²) in [5.74, 6) is 2.62. The normalized spacial score (nSPS) is 16.7. The quantitative estimate of drug-likeness (QED) is 0.612. The van der Waals surface area contributed by atoms with Crippen LogP contribution in [-0.4, -0.2) is 51.1 Å². The van der Waals surface area contributed by atoms with Crippen LogP contribution >= 0.6 is 12.4 Å². The van der Waals surface area contributed by atoms with Crippen LogP contribution in [0, 0.1) is 0 Å². The highest BCUT2D eigenvalue weighted by Crippen LogP contribution is 2.36. The van der Waals surface area contributed by atoms with Crippen molar-refractivity contribution in [1.29, 1.82) is 0 Å². The second kappa shape index (κ2) is 9.87. The summed E-state index contributed by atoms with van der Waals surface area (Å²) in [6, 6.07) is 10.8. The third kappa shape index (κ3) is 4.71. The first-order valence-corrected chi connectivity index (χ1v) is 9.83. The number of carbonyl (C=O) groups is 1. The molecule has 160 valence electrons. The molecule has 0 aromatic heterocycles. The monoisotopic (exact) mass is 431 g/mol. The van der Waals surface area contributed by atoms with Crippen LogP contribution in [0.5, 0.6) is 23.0 Å². The van der Waals surface area contributed by atoms with Gasteiger partial charge in [0.15, 0.2) is 5.76 Å². The molecule has 30 heavy (non-hydrogen) atoms. The summed E-state index contributed by atoms with van der Waals surface area (Å²) in [7, 11) is 3.18. The molecule has 2 aliphatic heterocycles. The topological polar surface area (TPSA) is 57.2 Å². The molecule has 2 heterocycles. The number of allylic oxidation sites excluding steroid dienone is 1. The van der Waals surface area contributed by atoms with Gasteiger partial charge in [-0.1, -0.05) is 0 Å². The standard InChI is InChI=1S/C23H25NO5.ClH/c1-26-17-6-8-20(27-2)16(13-17)14-22-23(25)19-7-5-18(15-21(19)29-22)28-12-11-24-9-3-4-10-24;/h5-8,13-15H,3-4,9-12H2,1-2H3;1H/b22-14-;. The highest BCUT2D eigenvalue weighted by atomic mass is 35.5. The molecule has 7 heteroatoms. The Bertz CT molecular complexity index is 937. The number of hydrogen-bond acceptors (Lipinski definition) is 6. The lowest BCUT2D eigenvalue weighted by Crippen LogP contribution is -2.25. The number of carbonyl (C=O) groups excluding carboxylic acids is 1. The molecule has 0 saturated carbocycles. The Morgan fingerprint density at radius 2 is 1.80 bits per heavy atom. The maximum Gasteiger partial charge on any atom is 0.231 e. The average molecular weight is 432 g/mol. The number of nitrogens with zero attached hydrogens (tertiary/aromatic N) is 1. The van der Waals surface area contributed by atoms with Crippen LogP contribution in [0.1, 0.15) is 28.8 Å². The molecule has 0 spiro atoms. The smallest absolute Gasteiger partial charge is 0.231 e. The molecule has 1 fully saturated rings. The molecule has 0 atom stereocenters. The number of fused-ring (bicyclic) bond motifs is 1. The van der Waals surface area contributed by atoms with Gasteiger partial charge in [-0.15, -0.1) is 12.4 Å².